The number of aromatic nitrogens is 2. The fourth-order valence-electron chi connectivity index (χ4n) is 5.77. The Morgan fingerprint density at radius 3 is 2.11 bits per heavy atom. The van der Waals surface area contributed by atoms with Crippen molar-refractivity contribution in [1.82, 2.24) is 9.55 Å². The van der Waals surface area contributed by atoms with Gasteiger partial charge in [0.2, 0.25) is 0 Å². The maximum Gasteiger partial charge on any atom is 0.330 e. The molecule has 1 fully saturated rings. The van der Waals surface area contributed by atoms with Crippen LogP contribution in [-0.4, -0.2) is 70.2 Å². The number of aliphatic hydroxyl groups is 3. The Balaban J connectivity index is 1.89. The molecule has 1 aromatic heterocycles. The fraction of sp³-hybridized carbons (Fsp3) is 0.429. The Morgan fingerprint density at radius 1 is 1.05 bits per heavy atom. The average molecular weight is 541 g/mol. The standard InChI is InChI=1S/C28H36N2O7Si/c1-18-17-30(27(35)29-24(18)33)25-22(36-16-15-31)21(32)23(37-25)26(34)38(28(2,3)4,19-11-7-5-8-12-19)20-13-9-6-10-14-20/h5-14,17,21-23,25-26,31-32,34H,15-16H2,1-4H3,(H,29,33,35)/t21-,22+,23-,25+,26?/m0/s1. The number of nitrogens with zero attached hydrogens (tertiary/aromatic N) is 1. The third-order valence-corrected chi connectivity index (χ3v) is 13.5. The van der Waals surface area contributed by atoms with Gasteiger partial charge in [-0.25, -0.2) is 4.79 Å². The number of ether oxygens (including phenoxy) is 2. The van der Waals surface area contributed by atoms with Crippen LogP contribution in [0.2, 0.25) is 5.04 Å². The van der Waals surface area contributed by atoms with E-state index >= 15 is 0 Å². The van der Waals surface area contributed by atoms with Crippen LogP contribution < -0.4 is 21.6 Å². The Morgan fingerprint density at radius 2 is 1.61 bits per heavy atom. The summed E-state index contributed by atoms with van der Waals surface area (Å²) in [5.74, 6) is 0. The molecule has 10 heteroatoms. The Kier molecular flexibility index (Phi) is 8.22. The van der Waals surface area contributed by atoms with Gasteiger partial charge in [-0.15, -0.1) is 0 Å². The van der Waals surface area contributed by atoms with Crippen molar-refractivity contribution in [3.8, 4) is 0 Å². The van der Waals surface area contributed by atoms with Crippen LogP contribution in [0.5, 0.6) is 0 Å². The number of H-pyrrole nitrogens is 1. The van der Waals surface area contributed by atoms with E-state index in [1.165, 1.54) is 10.8 Å². The SMILES string of the molecule is Cc1cn([C@@H]2O[C@H](C(O)[Si](c3ccccc3)(c3ccccc3)C(C)(C)C)[C@@H](O)[C@H]2OCCO)c(=O)[nH]c1=O. The first-order valence-corrected chi connectivity index (χ1v) is 14.8. The molecule has 0 bridgehead atoms. The molecule has 5 atom stereocenters. The van der Waals surface area contributed by atoms with E-state index in [1.54, 1.807) is 6.92 Å². The van der Waals surface area contributed by atoms with Crippen molar-refractivity contribution < 1.29 is 24.8 Å². The van der Waals surface area contributed by atoms with Crippen molar-refractivity contribution in [3.63, 3.8) is 0 Å². The zero-order valence-electron chi connectivity index (χ0n) is 22.1. The highest BCUT2D eigenvalue weighted by Crippen LogP contribution is 2.43. The Hall–Kier alpha value is -2.86. The van der Waals surface area contributed by atoms with Crippen LogP contribution in [-0.2, 0) is 9.47 Å². The van der Waals surface area contributed by atoms with Crippen molar-refractivity contribution in [2.75, 3.05) is 13.2 Å². The van der Waals surface area contributed by atoms with Crippen LogP contribution in [0, 0.1) is 6.92 Å². The molecule has 1 saturated heterocycles. The molecular weight excluding hydrogens is 504 g/mol. The first-order valence-electron chi connectivity index (χ1n) is 12.7. The van der Waals surface area contributed by atoms with Gasteiger partial charge in [-0.05, 0) is 12.0 Å². The molecule has 4 rings (SSSR count). The summed E-state index contributed by atoms with van der Waals surface area (Å²) in [6.07, 6.45) is -3.33. The van der Waals surface area contributed by atoms with Crippen LogP contribution >= 0.6 is 0 Å². The Labute approximate surface area is 222 Å². The summed E-state index contributed by atoms with van der Waals surface area (Å²) < 4.78 is 13.3. The number of rotatable bonds is 8. The molecule has 0 aliphatic carbocycles. The number of nitrogens with one attached hydrogen (secondary N) is 1. The van der Waals surface area contributed by atoms with E-state index in [0.717, 1.165) is 10.4 Å². The lowest BCUT2D eigenvalue weighted by atomic mass is 10.1. The van der Waals surface area contributed by atoms with Gasteiger partial charge in [0.05, 0.1) is 18.9 Å². The van der Waals surface area contributed by atoms with Gasteiger partial charge >= 0.3 is 5.69 Å². The molecule has 2 heterocycles. The quantitative estimate of drug-likeness (QED) is 0.305. The monoisotopic (exact) mass is 540 g/mol. The minimum absolute atomic E-state index is 0.110. The molecule has 204 valence electrons. The zero-order chi connectivity index (χ0) is 27.7. The predicted molar refractivity (Wildman–Crippen MR) is 146 cm³/mol. The molecule has 9 nitrogen and oxygen atoms in total. The molecule has 1 aliphatic rings. The van der Waals surface area contributed by atoms with Crippen molar-refractivity contribution >= 4 is 18.4 Å². The minimum Gasteiger partial charge on any atom is -0.394 e. The van der Waals surface area contributed by atoms with Gasteiger partial charge in [0, 0.05) is 11.8 Å². The summed E-state index contributed by atoms with van der Waals surface area (Å²) in [4.78, 5) is 27.0. The summed E-state index contributed by atoms with van der Waals surface area (Å²) in [7, 11) is -3.16. The van der Waals surface area contributed by atoms with Gasteiger partial charge in [-0.2, -0.15) is 0 Å². The van der Waals surface area contributed by atoms with Crippen molar-refractivity contribution in [2.24, 2.45) is 0 Å². The summed E-state index contributed by atoms with van der Waals surface area (Å²) >= 11 is 0. The minimum atomic E-state index is -3.16. The second-order valence-corrected chi connectivity index (χ2v) is 15.6. The smallest absolute Gasteiger partial charge is 0.330 e. The van der Waals surface area contributed by atoms with Crippen molar-refractivity contribution in [1.29, 1.82) is 0 Å². The summed E-state index contributed by atoms with van der Waals surface area (Å²) in [6, 6.07) is 19.6. The molecule has 0 saturated carbocycles. The van der Waals surface area contributed by atoms with Gasteiger partial charge in [-0.3, -0.25) is 14.3 Å². The number of hydrogen-bond acceptors (Lipinski definition) is 7. The summed E-state index contributed by atoms with van der Waals surface area (Å²) in [6.45, 7) is 7.38. The van der Waals surface area contributed by atoms with Crippen LogP contribution in [0.15, 0.2) is 76.4 Å². The Bertz CT molecular complexity index is 1300. The van der Waals surface area contributed by atoms with E-state index in [2.05, 4.69) is 25.8 Å². The van der Waals surface area contributed by atoms with E-state index in [4.69, 9.17) is 9.47 Å². The predicted octanol–water partition coefficient (Wildman–Crippen LogP) is 0.444. The lowest BCUT2D eigenvalue weighted by molar-refractivity contribution is -0.0833. The number of hydrogen-bond donors (Lipinski definition) is 4. The van der Waals surface area contributed by atoms with Crippen molar-refractivity contribution in [3.05, 3.63) is 93.3 Å². The lowest BCUT2D eigenvalue weighted by Gasteiger charge is -2.48. The molecule has 0 radical (unpaired) electrons. The van der Waals surface area contributed by atoms with Gasteiger partial charge in [-0.1, -0.05) is 91.8 Å². The van der Waals surface area contributed by atoms with Crippen LogP contribution in [0.1, 0.15) is 32.6 Å². The normalized spacial score (nSPS) is 22.9. The molecule has 1 unspecified atom stereocenters. The first-order chi connectivity index (χ1) is 18.0. The topological polar surface area (TPSA) is 134 Å². The molecule has 38 heavy (non-hydrogen) atoms. The maximum absolute atomic E-state index is 12.8. The van der Waals surface area contributed by atoms with E-state index in [0.29, 0.717) is 0 Å². The first kappa shape index (κ1) is 28.2. The molecule has 2 aromatic carbocycles. The average Bonchev–Trinajstić information content (AvgIpc) is 3.21. The highest BCUT2D eigenvalue weighted by molar-refractivity contribution is 7.05. The molecule has 0 spiro atoms. The van der Waals surface area contributed by atoms with Gasteiger partial charge in [0.1, 0.15) is 18.3 Å². The molecule has 3 aromatic rings. The number of benzene rings is 2. The number of aliphatic hydroxyl groups excluding tert-OH is 3. The third kappa shape index (κ3) is 4.83. The zero-order valence-corrected chi connectivity index (χ0v) is 23.1. The van der Waals surface area contributed by atoms with E-state index in [1.807, 2.05) is 60.7 Å². The highest BCUT2D eigenvalue weighted by Gasteiger charge is 2.60. The summed E-state index contributed by atoms with van der Waals surface area (Å²) in [5, 5.41) is 34.8. The van der Waals surface area contributed by atoms with Gasteiger partial charge in [0.25, 0.3) is 5.56 Å². The second kappa shape index (κ2) is 11.1. The van der Waals surface area contributed by atoms with Gasteiger partial charge < -0.3 is 24.8 Å². The maximum atomic E-state index is 12.8. The van der Waals surface area contributed by atoms with Crippen LogP contribution in [0.4, 0.5) is 0 Å². The number of aryl methyl sites for hydroxylation is 1. The van der Waals surface area contributed by atoms with E-state index in [-0.39, 0.29) is 18.8 Å². The summed E-state index contributed by atoms with van der Waals surface area (Å²) in [5.41, 5.74) is -2.14. The van der Waals surface area contributed by atoms with E-state index in [9.17, 15) is 24.9 Å². The highest BCUT2D eigenvalue weighted by atomic mass is 28.3. The van der Waals surface area contributed by atoms with Crippen LogP contribution in [0.3, 0.4) is 0 Å². The van der Waals surface area contributed by atoms with E-state index < -0.39 is 54.6 Å². The third-order valence-electron chi connectivity index (χ3n) is 7.47. The molecular formula is C28H36N2O7Si. The second-order valence-electron chi connectivity index (χ2n) is 10.8. The molecule has 1 aliphatic heterocycles. The molecule has 4 N–H and O–H groups in total. The van der Waals surface area contributed by atoms with Crippen LogP contribution in [0.25, 0.3) is 0 Å². The van der Waals surface area contributed by atoms with Crippen molar-refractivity contribution in [2.45, 2.75) is 63.0 Å². The van der Waals surface area contributed by atoms with Gasteiger partial charge in [0.15, 0.2) is 14.3 Å². The number of aromatic amines is 1. The largest absolute Gasteiger partial charge is 0.394 e. The lowest BCUT2D eigenvalue weighted by Crippen LogP contribution is -2.75. The molecule has 0 amide bonds. The fourth-order valence-corrected chi connectivity index (χ4v) is 11.6.